The summed E-state index contributed by atoms with van der Waals surface area (Å²) in [5, 5.41) is 14.2. The third-order valence-electron chi connectivity index (χ3n) is 2.60. The van der Waals surface area contributed by atoms with Gasteiger partial charge in [-0.05, 0) is 32.4 Å². The van der Waals surface area contributed by atoms with Crippen molar-refractivity contribution >= 4 is 11.7 Å². The summed E-state index contributed by atoms with van der Waals surface area (Å²) < 4.78 is 18.0. The van der Waals surface area contributed by atoms with Gasteiger partial charge < -0.3 is 20.5 Å². The number of benzene rings is 1. The molecule has 1 aromatic rings. The first kappa shape index (κ1) is 15.2. The lowest BCUT2D eigenvalue weighted by molar-refractivity contribution is 0.218. The normalized spacial score (nSPS) is 11.0. The number of ether oxygens (including phenoxy) is 1. The summed E-state index contributed by atoms with van der Waals surface area (Å²) in [5.74, 6) is -0.196. The van der Waals surface area contributed by atoms with E-state index in [9.17, 15) is 9.18 Å². The molecule has 2 amide bonds. The number of rotatable bonds is 5. The van der Waals surface area contributed by atoms with Gasteiger partial charge in [0.25, 0.3) is 0 Å². The predicted octanol–water partition coefficient (Wildman–Crippen LogP) is 2.12. The minimum absolute atomic E-state index is 0.0207. The lowest BCUT2D eigenvalue weighted by Crippen LogP contribution is -2.46. The van der Waals surface area contributed by atoms with Crippen molar-refractivity contribution in [3.8, 4) is 5.75 Å². The van der Waals surface area contributed by atoms with Gasteiger partial charge in [-0.25, -0.2) is 9.18 Å². The first-order chi connectivity index (χ1) is 8.88. The first-order valence-electron chi connectivity index (χ1n) is 5.91. The van der Waals surface area contributed by atoms with Crippen molar-refractivity contribution in [2.75, 3.05) is 19.0 Å². The van der Waals surface area contributed by atoms with E-state index in [0.29, 0.717) is 12.1 Å². The van der Waals surface area contributed by atoms with E-state index in [2.05, 4.69) is 10.6 Å². The molecule has 0 unspecified atom stereocenters. The molecule has 3 N–H and O–H groups in total. The number of carbonyl (C=O) groups excluding carboxylic acids is 1. The molecule has 0 radical (unpaired) electrons. The average molecular weight is 270 g/mol. The molecule has 0 saturated carbocycles. The van der Waals surface area contributed by atoms with Crippen LogP contribution >= 0.6 is 0 Å². The highest BCUT2D eigenvalue weighted by atomic mass is 19.1. The van der Waals surface area contributed by atoms with Crippen molar-refractivity contribution in [1.29, 1.82) is 0 Å². The molecule has 0 aliphatic rings. The molecule has 0 bridgehead atoms. The van der Waals surface area contributed by atoms with Crippen molar-refractivity contribution in [3.05, 3.63) is 24.0 Å². The predicted molar refractivity (Wildman–Crippen MR) is 70.9 cm³/mol. The number of hydrogen-bond acceptors (Lipinski definition) is 3. The molecule has 0 aliphatic carbocycles. The number of aliphatic hydroxyl groups excluding tert-OH is 1. The topological polar surface area (TPSA) is 70.6 Å². The SMILES string of the molecule is COc1cc(F)ccc1NC(=O)NC(C)(C)CCO. The third kappa shape index (κ3) is 4.75. The van der Waals surface area contributed by atoms with Gasteiger partial charge in [0, 0.05) is 18.2 Å². The van der Waals surface area contributed by atoms with Crippen LogP contribution in [0.25, 0.3) is 0 Å². The zero-order valence-electron chi connectivity index (χ0n) is 11.3. The van der Waals surface area contributed by atoms with Gasteiger partial charge in [0.2, 0.25) is 0 Å². The van der Waals surface area contributed by atoms with Crippen molar-refractivity contribution in [2.45, 2.75) is 25.8 Å². The Labute approximate surface area is 111 Å². The van der Waals surface area contributed by atoms with Gasteiger partial charge >= 0.3 is 6.03 Å². The molecule has 6 heteroatoms. The first-order valence-corrected chi connectivity index (χ1v) is 5.91. The Balaban J connectivity index is 2.72. The van der Waals surface area contributed by atoms with Crippen LogP contribution in [-0.4, -0.2) is 30.4 Å². The van der Waals surface area contributed by atoms with E-state index in [0.717, 1.165) is 0 Å². The van der Waals surface area contributed by atoms with Gasteiger partial charge in [-0.3, -0.25) is 0 Å². The monoisotopic (exact) mass is 270 g/mol. The number of hydrogen-bond donors (Lipinski definition) is 3. The van der Waals surface area contributed by atoms with E-state index >= 15 is 0 Å². The maximum atomic E-state index is 13.0. The quantitative estimate of drug-likeness (QED) is 0.767. The van der Waals surface area contributed by atoms with Crippen LogP contribution in [0.4, 0.5) is 14.9 Å². The molecule has 0 saturated heterocycles. The molecule has 106 valence electrons. The van der Waals surface area contributed by atoms with Crippen LogP contribution < -0.4 is 15.4 Å². The highest BCUT2D eigenvalue weighted by Gasteiger charge is 2.20. The molecule has 0 aliphatic heterocycles. The van der Waals surface area contributed by atoms with Crippen LogP contribution in [-0.2, 0) is 0 Å². The Kier molecular flexibility index (Phi) is 5.11. The number of halogens is 1. The Bertz CT molecular complexity index is 450. The summed E-state index contributed by atoms with van der Waals surface area (Å²) in [6, 6.07) is 3.40. The number of aliphatic hydroxyl groups is 1. The fourth-order valence-electron chi connectivity index (χ4n) is 1.57. The maximum Gasteiger partial charge on any atom is 0.319 e. The number of urea groups is 1. The largest absolute Gasteiger partial charge is 0.494 e. The van der Waals surface area contributed by atoms with E-state index < -0.39 is 17.4 Å². The lowest BCUT2D eigenvalue weighted by Gasteiger charge is -2.25. The number of carbonyl (C=O) groups is 1. The van der Waals surface area contributed by atoms with Gasteiger partial charge in [0.15, 0.2) is 0 Å². The standard InChI is InChI=1S/C13H19FN2O3/c1-13(2,6-7-17)16-12(18)15-10-5-4-9(14)8-11(10)19-3/h4-5,8,17H,6-7H2,1-3H3,(H2,15,16,18). The highest BCUT2D eigenvalue weighted by Crippen LogP contribution is 2.24. The zero-order chi connectivity index (χ0) is 14.5. The van der Waals surface area contributed by atoms with Gasteiger partial charge in [-0.1, -0.05) is 0 Å². The summed E-state index contributed by atoms with van der Waals surface area (Å²) in [6.07, 6.45) is 0.432. The molecule has 0 atom stereocenters. The second-order valence-corrected chi connectivity index (χ2v) is 4.78. The lowest BCUT2D eigenvalue weighted by atomic mass is 10.0. The smallest absolute Gasteiger partial charge is 0.319 e. The van der Waals surface area contributed by atoms with E-state index in [1.54, 1.807) is 13.8 Å². The zero-order valence-corrected chi connectivity index (χ0v) is 11.3. The molecule has 1 rings (SSSR count). The number of amides is 2. The Morgan fingerprint density at radius 2 is 2.16 bits per heavy atom. The van der Waals surface area contributed by atoms with Gasteiger partial charge in [-0.2, -0.15) is 0 Å². The van der Waals surface area contributed by atoms with Gasteiger partial charge in [0.05, 0.1) is 12.8 Å². The molecule has 0 fully saturated rings. The Morgan fingerprint density at radius 3 is 2.74 bits per heavy atom. The van der Waals surface area contributed by atoms with Crippen LogP contribution in [0.5, 0.6) is 5.75 Å². The molecule has 19 heavy (non-hydrogen) atoms. The molecule has 0 heterocycles. The molecular formula is C13H19FN2O3. The molecule has 1 aromatic carbocycles. The third-order valence-corrected chi connectivity index (χ3v) is 2.60. The van der Waals surface area contributed by atoms with Crippen molar-refractivity contribution in [2.24, 2.45) is 0 Å². The summed E-state index contributed by atoms with van der Waals surface area (Å²) in [7, 11) is 1.40. The van der Waals surface area contributed by atoms with Crippen molar-refractivity contribution < 1.29 is 19.0 Å². The van der Waals surface area contributed by atoms with E-state index in [-0.39, 0.29) is 12.4 Å². The van der Waals surface area contributed by atoms with Gasteiger partial charge in [0.1, 0.15) is 11.6 Å². The summed E-state index contributed by atoms with van der Waals surface area (Å²) in [4.78, 5) is 11.8. The highest BCUT2D eigenvalue weighted by molar-refractivity contribution is 5.91. The van der Waals surface area contributed by atoms with Crippen molar-refractivity contribution in [3.63, 3.8) is 0 Å². The second-order valence-electron chi connectivity index (χ2n) is 4.78. The van der Waals surface area contributed by atoms with E-state index in [1.807, 2.05) is 0 Å². The Morgan fingerprint density at radius 1 is 1.47 bits per heavy atom. The number of nitrogens with one attached hydrogen (secondary N) is 2. The van der Waals surface area contributed by atoms with Crippen LogP contribution in [0.3, 0.4) is 0 Å². The second kappa shape index (κ2) is 6.38. The summed E-state index contributed by atoms with van der Waals surface area (Å²) in [6.45, 7) is 3.57. The maximum absolute atomic E-state index is 13.0. The molecule has 5 nitrogen and oxygen atoms in total. The minimum atomic E-state index is -0.536. The molecular weight excluding hydrogens is 251 g/mol. The molecule has 0 aromatic heterocycles. The molecule has 0 spiro atoms. The van der Waals surface area contributed by atoms with Crippen LogP contribution in [0.15, 0.2) is 18.2 Å². The Hall–Kier alpha value is -1.82. The fourth-order valence-corrected chi connectivity index (χ4v) is 1.57. The average Bonchev–Trinajstić information content (AvgIpc) is 2.30. The van der Waals surface area contributed by atoms with E-state index in [1.165, 1.54) is 25.3 Å². The minimum Gasteiger partial charge on any atom is -0.494 e. The van der Waals surface area contributed by atoms with Gasteiger partial charge in [-0.15, -0.1) is 0 Å². The van der Waals surface area contributed by atoms with Crippen LogP contribution in [0, 0.1) is 5.82 Å². The van der Waals surface area contributed by atoms with Crippen LogP contribution in [0.2, 0.25) is 0 Å². The van der Waals surface area contributed by atoms with E-state index in [4.69, 9.17) is 9.84 Å². The number of methoxy groups -OCH3 is 1. The number of anilines is 1. The van der Waals surface area contributed by atoms with Crippen molar-refractivity contribution in [1.82, 2.24) is 5.32 Å². The van der Waals surface area contributed by atoms with Crippen LogP contribution in [0.1, 0.15) is 20.3 Å². The summed E-state index contributed by atoms with van der Waals surface area (Å²) >= 11 is 0. The fraction of sp³-hybridized carbons (Fsp3) is 0.462. The summed E-state index contributed by atoms with van der Waals surface area (Å²) in [5.41, 5.74) is -0.160.